The fourth-order valence-electron chi connectivity index (χ4n) is 2.87. The van der Waals surface area contributed by atoms with Crippen molar-refractivity contribution < 1.29 is 22.6 Å². The number of amides is 2. The summed E-state index contributed by atoms with van der Waals surface area (Å²) >= 11 is 5.91. The molecule has 6 N–H and O–H groups in total. The minimum absolute atomic E-state index is 0.0666. The number of halogens is 1. The minimum atomic E-state index is -4.02. The van der Waals surface area contributed by atoms with Crippen molar-refractivity contribution in [1.82, 2.24) is 15.8 Å². The maximum atomic E-state index is 12.1. The second-order valence-electron chi connectivity index (χ2n) is 7.24. The van der Waals surface area contributed by atoms with Gasteiger partial charge in [0.25, 0.3) is 21.9 Å². The van der Waals surface area contributed by atoms with Crippen molar-refractivity contribution in [1.29, 1.82) is 0 Å². The van der Waals surface area contributed by atoms with Gasteiger partial charge in [0.1, 0.15) is 5.69 Å². The van der Waals surface area contributed by atoms with Crippen molar-refractivity contribution >= 4 is 50.1 Å². The number of nitrogens with two attached hydrogens (primary N) is 1. The molecule has 0 saturated heterocycles. The molecule has 0 saturated carbocycles. The largest absolute Gasteiger partial charge is 0.399 e. The zero-order valence-electron chi connectivity index (χ0n) is 17.9. The van der Waals surface area contributed by atoms with Crippen LogP contribution in [0.3, 0.4) is 0 Å². The third kappa shape index (κ3) is 6.58. The average Bonchev–Trinajstić information content (AvgIpc) is 3.20. The molecule has 11 heteroatoms. The molecule has 0 radical (unpaired) electrons. The van der Waals surface area contributed by atoms with Crippen molar-refractivity contribution in [2.45, 2.75) is 11.8 Å². The van der Waals surface area contributed by atoms with Gasteiger partial charge in [-0.05, 0) is 61.5 Å². The van der Waals surface area contributed by atoms with Gasteiger partial charge in [0, 0.05) is 27.2 Å². The highest BCUT2D eigenvalue weighted by Crippen LogP contribution is 2.20. The lowest BCUT2D eigenvalue weighted by Crippen LogP contribution is -2.41. The molecule has 0 aliphatic carbocycles. The lowest BCUT2D eigenvalue weighted by Gasteiger charge is -2.06. The van der Waals surface area contributed by atoms with Crippen LogP contribution in [0.15, 0.2) is 77.7 Å². The van der Waals surface area contributed by atoms with Crippen LogP contribution in [-0.2, 0) is 10.1 Å². The van der Waals surface area contributed by atoms with Crippen LogP contribution in [0.4, 0.5) is 5.69 Å². The first-order chi connectivity index (χ1) is 16.0. The first kappa shape index (κ1) is 24.8. The Morgan fingerprint density at radius 2 is 1.62 bits per heavy atom. The molecule has 0 atom stereocenters. The molecule has 0 unspecified atom stereocenters. The average molecular weight is 501 g/mol. The van der Waals surface area contributed by atoms with Crippen LogP contribution in [0.25, 0.3) is 10.9 Å². The summed E-state index contributed by atoms with van der Waals surface area (Å²) in [6, 6.07) is 19.3. The number of fused-ring (bicyclic) bond motifs is 1. The number of nitrogen functional groups attached to an aromatic ring is 1. The maximum absolute atomic E-state index is 12.1. The monoisotopic (exact) mass is 500 g/mol. The van der Waals surface area contributed by atoms with E-state index in [0.717, 1.165) is 16.5 Å². The Morgan fingerprint density at radius 3 is 2.26 bits per heavy atom. The number of carbonyl (C=O) groups is 2. The Morgan fingerprint density at radius 1 is 0.941 bits per heavy atom. The standard InChI is InChI=1S/C16H13ClN4O2.C7H8O3S/c17-11-4-5-13-10(6-11)8-14(19-13)16(23)21-20-15(22)9-2-1-3-12(18)7-9;1-6-2-4-7(5-3-6)11(8,9)10/h1-8,19H,18H2,(H,20,22)(H,21,23);2-5H,1H3,(H,8,9,10). The predicted octanol–water partition coefficient (Wildman–Crippen LogP) is 3.72. The van der Waals surface area contributed by atoms with Gasteiger partial charge in [0.2, 0.25) is 0 Å². The van der Waals surface area contributed by atoms with E-state index in [1.807, 2.05) is 6.92 Å². The van der Waals surface area contributed by atoms with Gasteiger partial charge in [-0.3, -0.25) is 25.0 Å². The summed E-state index contributed by atoms with van der Waals surface area (Å²) in [5, 5.41) is 1.39. The van der Waals surface area contributed by atoms with E-state index < -0.39 is 21.9 Å². The number of aryl methyl sites for hydroxylation is 1. The number of nitrogens with one attached hydrogen (secondary N) is 3. The van der Waals surface area contributed by atoms with Gasteiger partial charge in [0.05, 0.1) is 4.90 Å². The molecule has 4 aromatic rings. The summed E-state index contributed by atoms with van der Waals surface area (Å²) in [5.74, 6) is -0.917. The van der Waals surface area contributed by atoms with Crippen molar-refractivity contribution in [2.75, 3.05) is 5.73 Å². The molecule has 0 bridgehead atoms. The van der Waals surface area contributed by atoms with Crippen LogP contribution in [0, 0.1) is 6.92 Å². The van der Waals surface area contributed by atoms with Crippen LogP contribution in [0.2, 0.25) is 5.02 Å². The van der Waals surface area contributed by atoms with Gasteiger partial charge in [0.15, 0.2) is 0 Å². The topological polar surface area (TPSA) is 154 Å². The Balaban J connectivity index is 0.000000248. The van der Waals surface area contributed by atoms with Crippen LogP contribution >= 0.6 is 11.6 Å². The smallest absolute Gasteiger partial charge is 0.294 e. The Kier molecular flexibility index (Phi) is 7.57. The molecule has 0 aliphatic rings. The second-order valence-corrected chi connectivity index (χ2v) is 9.09. The quantitative estimate of drug-likeness (QED) is 0.164. The minimum Gasteiger partial charge on any atom is -0.399 e. The van der Waals surface area contributed by atoms with E-state index in [-0.39, 0.29) is 4.90 Å². The summed E-state index contributed by atoms with van der Waals surface area (Å²) in [7, 11) is -4.02. The zero-order chi connectivity index (χ0) is 24.9. The normalized spacial score (nSPS) is 10.8. The number of hydrogen-bond donors (Lipinski definition) is 5. The van der Waals surface area contributed by atoms with Crippen LogP contribution in [0.1, 0.15) is 26.4 Å². The third-order valence-corrected chi connectivity index (χ3v) is 5.69. The second kappa shape index (κ2) is 10.4. The lowest BCUT2D eigenvalue weighted by atomic mass is 10.2. The predicted molar refractivity (Wildman–Crippen MR) is 130 cm³/mol. The number of anilines is 1. The number of aromatic amines is 1. The Labute approximate surface area is 200 Å². The zero-order valence-corrected chi connectivity index (χ0v) is 19.4. The molecular weight excluding hydrogens is 480 g/mol. The molecule has 4 rings (SSSR count). The highest BCUT2D eigenvalue weighted by atomic mass is 35.5. The molecule has 34 heavy (non-hydrogen) atoms. The van der Waals surface area contributed by atoms with Gasteiger partial charge in [-0.15, -0.1) is 0 Å². The maximum Gasteiger partial charge on any atom is 0.294 e. The van der Waals surface area contributed by atoms with Gasteiger partial charge in [-0.25, -0.2) is 0 Å². The summed E-state index contributed by atoms with van der Waals surface area (Å²) < 4.78 is 29.6. The van der Waals surface area contributed by atoms with Crippen molar-refractivity contribution in [3.8, 4) is 0 Å². The highest BCUT2D eigenvalue weighted by Gasteiger charge is 2.12. The number of benzene rings is 3. The molecule has 3 aromatic carbocycles. The number of H-pyrrole nitrogens is 1. The van der Waals surface area contributed by atoms with E-state index >= 15 is 0 Å². The SMILES string of the molecule is Cc1ccc(S(=O)(=O)O)cc1.Nc1cccc(C(=O)NNC(=O)c2cc3cc(Cl)ccc3[nH]2)c1. The summed E-state index contributed by atoms with van der Waals surface area (Å²) in [5.41, 5.74) is 13.2. The fraction of sp³-hybridized carbons (Fsp3) is 0.0435. The molecule has 176 valence electrons. The molecular formula is C23H21ClN4O5S. The molecule has 0 fully saturated rings. The van der Waals surface area contributed by atoms with Crippen LogP contribution in [0.5, 0.6) is 0 Å². The van der Waals surface area contributed by atoms with Gasteiger partial charge >= 0.3 is 0 Å². The van der Waals surface area contributed by atoms with E-state index in [1.165, 1.54) is 18.2 Å². The number of rotatable bonds is 3. The Hall–Kier alpha value is -3.86. The molecule has 1 heterocycles. The van der Waals surface area contributed by atoms with E-state index in [2.05, 4.69) is 15.8 Å². The molecule has 2 amide bonds. The van der Waals surface area contributed by atoms with E-state index in [0.29, 0.717) is 22.0 Å². The number of carbonyl (C=O) groups excluding carboxylic acids is 2. The summed E-state index contributed by atoms with van der Waals surface area (Å²) in [6.45, 7) is 1.84. The third-order valence-electron chi connectivity index (χ3n) is 4.58. The van der Waals surface area contributed by atoms with Crippen molar-refractivity contribution in [3.63, 3.8) is 0 Å². The first-order valence-electron chi connectivity index (χ1n) is 9.81. The summed E-state index contributed by atoms with van der Waals surface area (Å²) in [6.07, 6.45) is 0. The first-order valence-corrected chi connectivity index (χ1v) is 11.6. The van der Waals surface area contributed by atoms with E-state index in [9.17, 15) is 18.0 Å². The molecule has 1 aromatic heterocycles. The van der Waals surface area contributed by atoms with Crippen LogP contribution in [-0.4, -0.2) is 29.8 Å². The molecule has 0 spiro atoms. The van der Waals surface area contributed by atoms with Crippen LogP contribution < -0.4 is 16.6 Å². The van der Waals surface area contributed by atoms with Crippen molar-refractivity contribution in [2.24, 2.45) is 0 Å². The Bertz CT molecular complexity index is 1450. The summed E-state index contributed by atoms with van der Waals surface area (Å²) in [4.78, 5) is 26.9. The lowest BCUT2D eigenvalue weighted by molar-refractivity contribution is 0.0844. The van der Waals surface area contributed by atoms with Crippen molar-refractivity contribution in [3.05, 3.63) is 94.6 Å². The van der Waals surface area contributed by atoms with Gasteiger partial charge < -0.3 is 10.7 Å². The van der Waals surface area contributed by atoms with Gasteiger partial charge in [-0.1, -0.05) is 35.4 Å². The number of aromatic nitrogens is 1. The van der Waals surface area contributed by atoms with E-state index in [1.54, 1.807) is 54.6 Å². The fourth-order valence-corrected chi connectivity index (χ4v) is 3.53. The van der Waals surface area contributed by atoms with E-state index in [4.69, 9.17) is 21.9 Å². The molecule has 9 nitrogen and oxygen atoms in total. The van der Waals surface area contributed by atoms with Gasteiger partial charge in [-0.2, -0.15) is 8.42 Å². The molecule has 0 aliphatic heterocycles. The number of hydrogen-bond acceptors (Lipinski definition) is 5. The highest BCUT2D eigenvalue weighted by molar-refractivity contribution is 7.85. The number of hydrazine groups is 1.